The molecule has 0 bridgehead atoms. The van der Waals surface area contributed by atoms with Crippen LogP contribution in [0.25, 0.3) is 0 Å². The van der Waals surface area contributed by atoms with E-state index in [2.05, 4.69) is 10.2 Å². The largest absolute Gasteiger partial charge is 0.368 e. The van der Waals surface area contributed by atoms with Gasteiger partial charge in [0.2, 0.25) is 0 Å². The standard InChI is InChI=1S/C17H22FN3O2S/c18-14-5-3-13(4-6-14)12-19-17(24)21-9-7-20(8-10-21)16(22)15-2-1-11-23-15/h3-6,15H,1-2,7-12H2,(H,19,24)/t15-/m0/s1. The van der Waals surface area contributed by atoms with E-state index in [9.17, 15) is 9.18 Å². The highest BCUT2D eigenvalue weighted by Crippen LogP contribution is 2.16. The van der Waals surface area contributed by atoms with Crippen LogP contribution in [0.4, 0.5) is 4.39 Å². The van der Waals surface area contributed by atoms with Crippen molar-refractivity contribution in [2.45, 2.75) is 25.5 Å². The van der Waals surface area contributed by atoms with Gasteiger partial charge in [-0.25, -0.2) is 4.39 Å². The first-order valence-corrected chi connectivity index (χ1v) is 8.72. The average Bonchev–Trinajstić information content (AvgIpc) is 3.15. The summed E-state index contributed by atoms with van der Waals surface area (Å²) in [5.74, 6) is -0.134. The molecule has 1 amide bonds. The van der Waals surface area contributed by atoms with Crippen LogP contribution in [0, 0.1) is 5.82 Å². The van der Waals surface area contributed by atoms with Crippen molar-refractivity contribution in [3.63, 3.8) is 0 Å². The number of carbonyl (C=O) groups excluding carboxylic acids is 1. The quantitative estimate of drug-likeness (QED) is 0.837. The lowest BCUT2D eigenvalue weighted by atomic mass is 10.2. The zero-order valence-corrected chi connectivity index (χ0v) is 14.4. The van der Waals surface area contributed by atoms with Gasteiger partial charge in [0.1, 0.15) is 11.9 Å². The second kappa shape index (κ2) is 7.90. The summed E-state index contributed by atoms with van der Waals surface area (Å²) in [4.78, 5) is 16.3. The fourth-order valence-electron chi connectivity index (χ4n) is 3.00. The monoisotopic (exact) mass is 351 g/mol. The maximum atomic E-state index is 12.9. The Morgan fingerprint density at radius 1 is 1.21 bits per heavy atom. The topological polar surface area (TPSA) is 44.8 Å². The normalized spacial score (nSPS) is 21.0. The molecule has 1 aromatic rings. The Bertz CT molecular complexity index is 582. The number of rotatable bonds is 3. The number of piperazine rings is 1. The zero-order chi connectivity index (χ0) is 16.9. The van der Waals surface area contributed by atoms with Gasteiger partial charge in [-0.05, 0) is 42.8 Å². The Hall–Kier alpha value is -1.73. The minimum absolute atomic E-state index is 0.109. The van der Waals surface area contributed by atoms with E-state index in [-0.39, 0.29) is 17.8 Å². The van der Waals surface area contributed by atoms with Crippen LogP contribution in [0.5, 0.6) is 0 Å². The van der Waals surface area contributed by atoms with Crippen LogP contribution in [0.2, 0.25) is 0 Å². The molecule has 1 atom stereocenters. The Morgan fingerprint density at radius 2 is 1.88 bits per heavy atom. The molecule has 5 nitrogen and oxygen atoms in total. The molecule has 2 aliphatic rings. The van der Waals surface area contributed by atoms with Crippen molar-refractivity contribution < 1.29 is 13.9 Å². The van der Waals surface area contributed by atoms with E-state index in [0.29, 0.717) is 44.4 Å². The van der Waals surface area contributed by atoms with Crippen LogP contribution >= 0.6 is 12.2 Å². The average molecular weight is 351 g/mol. The summed E-state index contributed by atoms with van der Waals surface area (Å²) in [5, 5.41) is 3.86. The molecule has 1 aromatic carbocycles. The molecule has 24 heavy (non-hydrogen) atoms. The van der Waals surface area contributed by atoms with Gasteiger partial charge in [-0.3, -0.25) is 4.79 Å². The van der Waals surface area contributed by atoms with Gasteiger partial charge in [-0.15, -0.1) is 0 Å². The Kier molecular flexibility index (Phi) is 5.63. The lowest BCUT2D eigenvalue weighted by molar-refractivity contribution is -0.142. The van der Waals surface area contributed by atoms with Crippen LogP contribution in [-0.4, -0.2) is 59.7 Å². The molecule has 0 saturated carbocycles. The molecule has 0 aliphatic carbocycles. The number of thiocarbonyl (C=S) groups is 1. The number of hydrogen-bond acceptors (Lipinski definition) is 3. The summed E-state index contributed by atoms with van der Waals surface area (Å²) in [5.41, 5.74) is 0.978. The molecule has 0 aromatic heterocycles. The van der Waals surface area contributed by atoms with E-state index in [4.69, 9.17) is 17.0 Å². The second-order valence-electron chi connectivity index (χ2n) is 6.10. The molecule has 0 radical (unpaired) electrons. The van der Waals surface area contributed by atoms with Crippen molar-refractivity contribution in [3.05, 3.63) is 35.6 Å². The van der Waals surface area contributed by atoms with Crippen molar-refractivity contribution in [2.24, 2.45) is 0 Å². The Morgan fingerprint density at radius 3 is 2.50 bits per heavy atom. The van der Waals surface area contributed by atoms with E-state index >= 15 is 0 Å². The summed E-state index contributed by atoms with van der Waals surface area (Å²) in [6.07, 6.45) is 1.55. The zero-order valence-electron chi connectivity index (χ0n) is 13.5. The summed E-state index contributed by atoms with van der Waals surface area (Å²) in [6, 6.07) is 6.36. The molecule has 2 fully saturated rings. The fourth-order valence-corrected chi connectivity index (χ4v) is 3.25. The van der Waals surface area contributed by atoms with Crippen LogP contribution in [0.3, 0.4) is 0 Å². The molecular weight excluding hydrogens is 329 g/mol. The van der Waals surface area contributed by atoms with Crippen molar-refractivity contribution in [1.29, 1.82) is 0 Å². The molecule has 2 heterocycles. The number of amides is 1. The number of nitrogens with zero attached hydrogens (tertiary/aromatic N) is 2. The number of ether oxygens (including phenoxy) is 1. The second-order valence-corrected chi connectivity index (χ2v) is 6.49. The molecule has 2 saturated heterocycles. The fraction of sp³-hybridized carbons (Fsp3) is 0.529. The molecule has 0 spiro atoms. The van der Waals surface area contributed by atoms with Crippen molar-refractivity contribution in [1.82, 2.24) is 15.1 Å². The SMILES string of the molecule is O=C([C@@H]1CCCO1)N1CCN(C(=S)NCc2ccc(F)cc2)CC1. The van der Waals surface area contributed by atoms with Gasteiger partial charge in [0.25, 0.3) is 5.91 Å². The maximum Gasteiger partial charge on any atom is 0.251 e. The third kappa shape index (κ3) is 4.21. The third-order valence-corrected chi connectivity index (χ3v) is 4.84. The van der Waals surface area contributed by atoms with Gasteiger partial charge in [0, 0.05) is 39.3 Å². The summed E-state index contributed by atoms with van der Waals surface area (Å²) in [7, 11) is 0. The number of carbonyl (C=O) groups is 1. The molecule has 2 aliphatic heterocycles. The predicted octanol–water partition coefficient (Wildman–Crippen LogP) is 1.52. The van der Waals surface area contributed by atoms with Gasteiger partial charge in [0.15, 0.2) is 5.11 Å². The minimum atomic E-state index is -0.250. The van der Waals surface area contributed by atoms with Gasteiger partial charge in [0.05, 0.1) is 0 Å². The number of halogens is 1. The van der Waals surface area contributed by atoms with Crippen LogP contribution in [0.1, 0.15) is 18.4 Å². The smallest absolute Gasteiger partial charge is 0.251 e. The van der Waals surface area contributed by atoms with Gasteiger partial charge < -0.3 is 19.9 Å². The highest BCUT2D eigenvalue weighted by molar-refractivity contribution is 7.80. The molecule has 130 valence electrons. The van der Waals surface area contributed by atoms with E-state index < -0.39 is 0 Å². The van der Waals surface area contributed by atoms with E-state index in [1.165, 1.54) is 12.1 Å². The van der Waals surface area contributed by atoms with Crippen molar-refractivity contribution >= 4 is 23.2 Å². The van der Waals surface area contributed by atoms with Gasteiger partial charge in [-0.1, -0.05) is 12.1 Å². The lowest BCUT2D eigenvalue weighted by Crippen LogP contribution is -2.54. The van der Waals surface area contributed by atoms with E-state index in [0.717, 1.165) is 18.4 Å². The predicted molar refractivity (Wildman–Crippen MR) is 93.0 cm³/mol. The van der Waals surface area contributed by atoms with E-state index in [1.807, 2.05) is 4.90 Å². The summed E-state index contributed by atoms with van der Waals surface area (Å²) >= 11 is 5.42. The van der Waals surface area contributed by atoms with Gasteiger partial charge >= 0.3 is 0 Å². The third-order valence-electron chi connectivity index (χ3n) is 4.44. The van der Waals surface area contributed by atoms with E-state index in [1.54, 1.807) is 12.1 Å². The Labute approximate surface area is 146 Å². The summed E-state index contributed by atoms with van der Waals surface area (Å²) in [6.45, 7) is 4.01. The maximum absolute atomic E-state index is 12.9. The van der Waals surface area contributed by atoms with Crippen LogP contribution in [-0.2, 0) is 16.1 Å². The first-order valence-electron chi connectivity index (χ1n) is 8.31. The highest BCUT2D eigenvalue weighted by Gasteiger charge is 2.30. The van der Waals surface area contributed by atoms with Crippen molar-refractivity contribution in [2.75, 3.05) is 32.8 Å². The molecule has 0 unspecified atom stereocenters. The molecular formula is C17H22FN3O2S. The van der Waals surface area contributed by atoms with Crippen LogP contribution < -0.4 is 5.32 Å². The minimum Gasteiger partial charge on any atom is -0.368 e. The lowest BCUT2D eigenvalue weighted by Gasteiger charge is -2.37. The van der Waals surface area contributed by atoms with Crippen LogP contribution in [0.15, 0.2) is 24.3 Å². The number of hydrogen-bond donors (Lipinski definition) is 1. The summed E-state index contributed by atoms with van der Waals surface area (Å²) < 4.78 is 18.4. The number of benzene rings is 1. The number of nitrogens with one attached hydrogen (secondary N) is 1. The first kappa shape index (κ1) is 17.1. The highest BCUT2D eigenvalue weighted by atomic mass is 32.1. The molecule has 7 heteroatoms. The molecule has 1 N–H and O–H groups in total. The Balaban J connectivity index is 1.43. The first-order chi connectivity index (χ1) is 11.6. The molecule has 3 rings (SSSR count). The van der Waals surface area contributed by atoms with Crippen molar-refractivity contribution in [3.8, 4) is 0 Å². The van der Waals surface area contributed by atoms with Gasteiger partial charge in [-0.2, -0.15) is 0 Å².